The molecular weight excluding hydrogens is 323 g/mol. The molecule has 0 fully saturated rings. The van der Waals surface area contributed by atoms with Crippen LogP contribution in [0.3, 0.4) is 0 Å². The molecule has 0 saturated carbocycles. The number of halogens is 2. The summed E-state index contributed by atoms with van der Waals surface area (Å²) in [5.41, 5.74) is 6.62. The second-order valence-electron chi connectivity index (χ2n) is 3.61. The highest BCUT2D eigenvalue weighted by Gasteiger charge is 2.14. The van der Waals surface area contributed by atoms with E-state index in [1.54, 1.807) is 29.6 Å². The van der Waals surface area contributed by atoms with Crippen LogP contribution in [0, 0.1) is 0 Å². The maximum Gasteiger partial charge on any atom is 0.267 e. The molecule has 3 nitrogen and oxygen atoms in total. The number of nitrogens with one attached hydrogen (secondary N) is 1. The molecule has 0 saturated heterocycles. The molecule has 0 aliphatic rings. The Morgan fingerprint density at radius 1 is 1.26 bits per heavy atom. The number of benzene rings is 1. The molecule has 1 aromatic carbocycles. The van der Waals surface area contributed by atoms with Gasteiger partial charge in [-0.15, -0.1) is 11.3 Å². The van der Waals surface area contributed by atoms with Crippen LogP contribution in [0.5, 0.6) is 0 Å². The van der Waals surface area contributed by atoms with Gasteiger partial charge >= 0.3 is 0 Å². The molecule has 0 aliphatic heterocycles. The highest BCUT2D eigenvalue weighted by molar-refractivity contribution is 7.80. The predicted octanol–water partition coefficient (Wildman–Crippen LogP) is 3.94. The lowest BCUT2D eigenvalue weighted by molar-refractivity contribution is 0.103. The summed E-state index contributed by atoms with van der Waals surface area (Å²) in [7, 11) is 0. The number of thiocarbonyl (C=S) groups is 1. The highest BCUT2D eigenvalue weighted by atomic mass is 35.5. The molecule has 1 amide bonds. The van der Waals surface area contributed by atoms with Gasteiger partial charge in [-0.3, -0.25) is 4.79 Å². The van der Waals surface area contributed by atoms with E-state index in [4.69, 9.17) is 41.2 Å². The van der Waals surface area contributed by atoms with Crippen molar-refractivity contribution in [2.24, 2.45) is 5.73 Å². The molecular formula is C12H8Cl2N2OS2. The van der Waals surface area contributed by atoms with Crippen molar-refractivity contribution in [3.8, 4) is 0 Å². The summed E-state index contributed by atoms with van der Waals surface area (Å²) >= 11 is 18.1. The van der Waals surface area contributed by atoms with Gasteiger partial charge in [0.25, 0.3) is 5.91 Å². The van der Waals surface area contributed by atoms with Gasteiger partial charge in [-0.05, 0) is 23.6 Å². The van der Waals surface area contributed by atoms with Gasteiger partial charge in [0, 0.05) is 5.56 Å². The van der Waals surface area contributed by atoms with E-state index < -0.39 is 0 Å². The third kappa shape index (κ3) is 3.25. The summed E-state index contributed by atoms with van der Waals surface area (Å²) in [5.74, 6) is -0.318. The van der Waals surface area contributed by atoms with E-state index in [1.807, 2.05) is 0 Å². The Hall–Kier alpha value is -1.14. The van der Waals surface area contributed by atoms with E-state index in [0.717, 1.165) is 0 Å². The lowest BCUT2D eigenvalue weighted by Gasteiger charge is -2.08. The van der Waals surface area contributed by atoms with E-state index >= 15 is 0 Å². The number of amides is 1. The van der Waals surface area contributed by atoms with Crippen LogP contribution in [0.25, 0.3) is 0 Å². The topological polar surface area (TPSA) is 55.1 Å². The summed E-state index contributed by atoms with van der Waals surface area (Å²) < 4.78 is 0. The van der Waals surface area contributed by atoms with Gasteiger partial charge in [-0.25, -0.2) is 0 Å². The second kappa shape index (κ2) is 5.88. The minimum Gasteiger partial charge on any atom is -0.389 e. The van der Waals surface area contributed by atoms with Gasteiger partial charge in [0.15, 0.2) is 0 Å². The van der Waals surface area contributed by atoms with Crippen LogP contribution in [0.15, 0.2) is 29.6 Å². The van der Waals surface area contributed by atoms with Crippen molar-refractivity contribution in [1.29, 1.82) is 0 Å². The fourth-order valence-corrected chi connectivity index (χ4v) is 2.74. The second-order valence-corrected chi connectivity index (χ2v) is 5.78. The lowest BCUT2D eigenvalue weighted by Crippen LogP contribution is -2.13. The average molecular weight is 331 g/mol. The summed E-state index contributed by atoms with van der Waals surface area (Å²) in [5, 5.41) is 5.24. The Bertz CT molecular complexity index is 655. The quantitative estimate of drug-likeness (QED) is 0.838. The maximum absolute atomic E-state index is 12.0. The van der Waals surface area contributed by atoms with Crippen LogP contribution in [0.4, 0.5) is 5.69 Å². The van der Waals surface area contributed by atoms with Crippen molar-refractivity contribution < 1.29 is 4.79 Å². The average Bonchev–Trinajstić information content (AvgIpc) is 2.78. The van der Waals surface area contributed by atoms with Crippen molar-refractivity contribution in [2.75, 3.05) is 5.32 Å². The van der Waals surface area contributed by atoms with Gasteiger partial charge in [-0.1, -0.05) is 41.5 Å². The summed E-state index contributed by atoms with van der Waals surface area (Å²) in [6.45, 7) is 0. The van der Waals surface area contributed by atoms with Gasteiger partial charge < -0.3 is 11.1 Å². The summed E-state index contributed by atoms with van der Waals surface area (Å²) in [6.07, 6.45) is 0. The van der Waals surface area contributed by atoms with Crippen molar-refractivity contribution in [2.45, 2.75) is 0 Å². The van der Waals surface area contributed by atoms with Gasteiger partial charge in [-0.2, -0.15) is 0 Å². The minimum atomic E-state index is -0.318. The third-order valence-corrected chi connectivity index (χ3v) is 4.23. The van der Waals surface area contributed by atoms with Crippen molar-refractivity contribution >= 4 is 63.3 Å². The molecule has 98 valence electrons. The van der Waals surface area contributed by atoms with Crippen molar-refractivity contribution in [1.82, 2.24) is 0 Å². The first-order chi connectivity index (χ1) is 8.99. The molecule has 3 N–H and O–H groups in total. The number of carbonyl (C=O) groups is 1. The number of thiophene rings is 1. The number of nitrogens with two attached hydrogens (primary N) is 1. The number of hydrogen-bond donors (Lipinski definition) is 2. The van der Waals surface area contributed by atoms with Crippen LogP contribution in [0.2, 0.25) is 10.0 Å². The SMILES string of the molecule is NC(=S)c1ccc(Cl)c(NC(=O)c2sccc2Cl)c1. The predicted molar refractivity (Wildman–Crippen MR) is 84.6 cm³/mol. The lowest BCUT2D eigenvalue weighted by atomic mass is 10.2. The minimum absolute atomic E-state index is 0.237. The van der Waals surface area contributed by atoms with E-state index in [2.05, 4.69) is 5.32 Å². The van der Waals surface area contributed by atoms with Crippen LogP contribution < -0.4 is 11.1 Å². The standard InChI is InChI=1S/C12H8Cl2N2OS2/c13-7-2-1-6(11(15)18)5-9(7)16-12(17)10-8(14)3-4-19-10/h1-5H,(H2,15,18)(H,16,17). The normalized spacial score (nSPS) is 10.2. The van der Waals surface area contributed by atoms with Crippen molar-refractivity contribution in [3.63, 3.8) is 0 Å². The fraction of sp³-hybridized carbons (Fsp3) is 0. The zero-order valence-corrected chi connectivity index (χ0v) is 12.6. The first-order valence-corrected chi connectivity index (χ1v) is 7.17. The van der Waals surface area contributed by atoms with E-state index in [0.29, 0.717) is 26.2 Å². The number of hydrogen-bond acceptors (Lipinski definition) is 3. The molecule has 0 radical (unpaired) electrons. The van der Waals surface area contributed by atoms with Gasteiger partial charge in [0.05, 0.1) is 15.7 Å². The molecule has 0 atom stereocenters. The molecule has 7 heteroatoms. The molecule has 0 spiro atoms. The summed E-state index contributed by atoms with van der Waals surface area (Å²) in [4.78, 5) is 12.7. The Morgan fingerprint density at radius 3 is 2.58 bits per heavy atom. The zero-order chi connectivity index (χ0) is 14.0. The van der Waals surface area contributed by atoms with E-state index in [9.17, 15) is 4.79 Å². The Kier molecular flexibility index (Phi) is 4.42. The first kappa shape index (κ1) is 14.3. The van der Waals surface area contributed by atoms with Gasteiger partial charge in [0.1, 0.15) is 9.87 Å². The van der Waals surface area contributed by atoms with Crippen molar-refractivity contribution in [3.05, 3.63) is 50.1 Å². The Balaban J connectivity index is 2.28. The zero-order valence-electron chi connectivity index (χ0n) is 9.44. The Labute approximate surface area is 129 Å². The number of carbonyl (C=O) groups excluding carboxylic acids is 1. The number of anilines is 1. The van der Waals surface area contributed by atoms with Crippen LogP contribution in [-0.4, -0.2) is 10.9 Å². The van der Waals surface area contributed by atoms with Crippen LogP contribution in [0.1, 0.15) is 15.2 Å². The third-order valence-electron chi connectivity index (χ3n) is 2.32. The molecule has 2 rings (SSSR count). The molecule has 1 aromatic heterocycles. The molecule has 0 unspecified atom stereocenters. The van der Waals surface area contributed by atoms with Gasteiger partial charge in [0.2, 0.25) is 0 Å². The molecule has 1 heterocycles. The van der Waals surface area contributed by atoms with E-state index in [1.165, 1.54) is 11.3 Å². The molecule has 0 bridgehead atoms. The maximum atomic E-state index is 12.0. The molecule has 2 aromatic rings. The monoisotopic (exact) mass is 330 g/mol. The number of rotatable bonds is 3. The molecule has 0 aliphatic carbocycles. The Morgan fingerprint density at radius 2 is 2.00 bits per heavy atom. The highest BCUT2D eigenvalue weighted by Crippen LogP contribution is 2.27. The van der Waals surface area contributed by atoms with Crippen LogP contribution >= 0.6 is 46.8 Å². The first-order valence-electron chi connectivity index (χ1n) is 5.12. The smallest absolute Gasteiger partial charge is 0.267 e. The molecule has 19 heavy (non-hydrogen) atoms. The summed E-state index contributed by atoms with van der Waals surface area (Å²) in [6, 6.07) is 6.61. The largest absolute Gasteiger partial charge is 0.389 e. The van der Waals surface area contributed by atoms with Crippen LogP contribution in [-0.2, 0) is 0 Å². The van der Waals surface area contributed by atoms with E-state index in [-0.39, 0.29) is 10.9 Å². The fourth-order valence-electron chi connectivity index (χ4n) is 1.41.